The number of hydrogen-bond acceptors (Lipinski definition) is 5. The van der Waals surface area contributed by atoms with Gasteiger partial charge in [0.25, 0.3) is 0 Å². The van der Waals surface area contributed by atoms with Crippen LogP contribution in [-0.4, -0.2) is 28.5 Å². The molecule has 4 aromatic rings. The highest BCUT2D eigenvalue weighted by molar-refractivity contribution is 7.90. The number of para-hydroxylation sites is 1. The summed E-state index contributed by atoms with van der Waals surface area (Å²) in [5.74, 6) is -1.22. The number of fused-ring (bicyclic) bond motifs is 2. The van der Waals surface area contributed by atoms with Gasteiger partial charge in [0.2, 0.25) is 4.90 Å². The zero-order valence-electron chi connectivity index (χ0n) is 16.9. The number of rotatable bonds is 5. The second kappa shape index (κ2) is 7.86. The van der Waals surface area contributed by atoms with Crippen LogP contribution in [-0.2, 0) is 17.8 Å². The van der Waals surface area contributed by atoms with Crippen molar-refractivity contribution in [2.24, 2.45) is 0 Å². The Hall–Kier alpha value is -3.10. The van der Waals surface area contributed by atoms with E-state index in [1.165, 1.54) is 12.1 Å². The van der Waals surface area contributed by atoms with Crippen LogP contribution in [0.25, 0.3) is 21.9 Å². The summed E-state index contributed by atoms with van der Waals surface area (Å²) in [5, 5.41) is 1.06. The minimum atomic E-state index is -1.85. The molecule has 1 aliphatic heterocycles. The van der Waals surface area contributed by atoms with Crippen LogP contribution in [0.3, 0.4) is 0 Å². The third-order valence-electron chi connectivity index (χ3n) is 5.50. The summed E-state index contributed by atoms with van der Waals surface area (Å²) in [6.45, 7) is 3.73. The van der Waals surface area contributed by atoms with Gasteiger partial charge < -0.3 is 13.9 Å². The van der Waals surface area contributed by atoms with Crippen LogP contribution in [0.15, 0.2) is 57.8 Å². The minimum Gasteiger partial charge on any atom is -0.588 e. The topological polar surface area (TPSA) is 81.4 Å². The highest BCUT2D eigenvalue weighted by atomic mass is 32.2. The maximum atomic E-state index is 14.5. The van der Waals surface area contributed by atoms with Gasteiger partial charge in [0.15, 0.2) is 5.76 Å². The van der Waals surface area contributed by atoms with Crippen LogP contribution < -0.4 is 9.62 Å². The molecule has 0 bridgehead atoms. The molecule has 2 aromatic heterocycles. The summed E-state index contributed by atoms with van der Waals surface area (Å²) < 4.78 is 35.5. The second-order valence-corrected chi connectivity index (χ2v) is 8.66. The van der Waals surface area contributed by atoms with Crippen molar-refractivity contribution < 1.29 is 18.2 Å². The smallest absolute Gasteiger partial charge is 0.328 e. The van der Waals surface area contributed by atoms with E-state index in [1.807, 2.05) is 30.0 Å². The molecular weight excluding hydrogens is 417 g/mol. The molecule has 158 valence electrons. The fourth-order valence-electron chi connectivity index (χ4n) is 3.65. The Labute approximate surface area is 181 Å². The van der Waals surface area contributed by atoms with Crippen molar-refractivity contribution in [2.45, 2.75) is 24.7 Å². The quantitative estimate of drug-likeness (QED) is 0.470. The van der Waals surface area contributed by atoms with Gasteiger partial charge in [-0.3, -0.25) is 4.79 Å². The van der Waals surface area contributed by atoms with Gasteiger partial charge in [0.1, 0.15) is 28.3 Å². The van der Waals surface area contributed by atoms with Crippen molar-refractivity contribution >= 4 is 44.8 Å². The van der Waals surface area contributed by atoms with Crippen molar-refractivity contribution in [1.29, 1.82) is 0 Å². The monoisotopic (exact) mass is 437 g/mol. The van der Waals surface area contributed by atoms with Gasteiger partial charge in [-0.25, -0.2) is 9.37 Å². The number of halogens is 1. The lowest BCUT2D eigenvalue weighted by atomic mass is 10.1. The Morgan fingerprint density at radius 1 is 1.26 bits per heavy atom. The predicted octanol–water partition coefficient (Wildman–Crippen LogP) is 4.35. The summed E-state index contributed by atoms with van der Waals surface area (Å²) >= 11 is -1.85. The molecule has 1 fully saturated rings. The number of furan rings is 1. The van der Waals surface area contributed by atoms with Gasteiger partial charge >= 0.3 is 5.91 Å². The molecule has 0 spiro atoms. The highest BCUT2D eigenvalue weighted by Gasteiger charge is 2.24. The van der Waals surface area contributed by atoms with E-state index in [4.69, 9.17) is 4.42 Å². The zero-order valence-corrected chi connectivity index (χ0v) is 17.7. The third kappa shape index (κ3) is 3.62. The number of pyridine rings is 1. The molecule has 8 heteroatoms. The van der Waals surface area contributed by atoms with Crippen LogP contribution in [0, 0.1) is 5.82 Å². The van der Waals surface area contributed by atoms with Gasteiger partial charge in [-0.05, 0) is 31.0 Å². The molecule has 31 heavy (non-hydrogen) atoms. The largest absolute Gasteiger partial charge is 0.588 e. The lowest BCUT2D eigenvalue weighted by molar-refractivity contribution is 0.0956. The van der Waals surface area contributed by atoms with Gasteiger partial charge in [0, 0.05) is 42.0 Å². The normalized spacial score (nSPS) is 14.6. The fraction of sp³-hybridized carbons (Fsp3) is 0.217. The van der Waals surface area contributed by atoms with E-state index in [-0.39, 0.29) is 16.7 Å². The van der Waals surface area contributed by atoms with E-state index in [2.05, 4.69) is 9.71 Å². The average Bonchev–Trinajstić information content (AvgIpc) is 3.16. The van der Waals surface area contributed by atoms with E-state index in [0.717, 1.165) is 42.7 Å². The molecule has 1 aliphatic rings. The number of aromatic nitrogens is 1. The molecule has 1 N–H and O–H groups in total. The maximum absolute atomic E-state index is 14.5. The lowest BCUT2D eigenvalue weighted by Gasteiger charge is -2.33. The molecule has 1 amide bonds. The molecule has 0 saturated carbocycles. The molecule has 1 saturated heterocycles. The van der Waals surface area contributed by atoms with E-state index in [0.29, 0.717) is 10.4 Å². The first-order valence-electron chi connectivity index (χ1n) is 10.1. The molecular formula is C23H20FN3O3S. The maximum Gasteiger partial charge on any atom is 0.328 e. The van der Waals surface area contributed by atoms with Crippen LogP contribution in [0.1, 0.15) is 29.6 Å². The van der Waals surface area contributed by atoms with Crippen LogP contribution in [0.4, 0.5) is 10.1 Å². The molecule has 1 atom stereocenters. The van der Waals surface area contributed by atoms with Gasteiger partial charge in [0.05, 0.1) is 5.39 Å². The number of amides is 1. The summed E-state index contributed by atoms with van der Waals surface area (Å²) in [6.07, 6.45) is 1.81. The standard InChI is InChI=1S/C23H20FN3O3S/c1-2-15-8-7-14-5-3-6-21(22(14)25-15)31(29)26-23(28)20-13-17-18(24)11-16(12-19(17)30-20)27-9-4-10-27/h3,5-8,11-13H,2,4,9-10H2,1H3,(H,26,28). The van der Waals surface area contributed by atoms with E-state index in [1.54, 1.807) is 18.2 Å². The number of aryl methyl sites for hydroxylation is 1. The summed E-state index contributed by atoms with van der Waals surface area (Å²) in [5.41, 5.74) is 2.47. The van der Waals surface area contributed by atoms with Crippen molar-refractivity contribution in [3.63, 3.8) is 0 Å². The van der Waals surface area contributed by atoms with Crippen LogP contribution in [0.2, 0.25) is 0 Å². The van der Waals surface area contributed by atoms with E-state index < -0.39 is 23.1 Å². The first kappa shape index (κ1) is 19.8. The highest BCUT2D eigenvalue weighted by Crippen LogP contribution is 2.30. The Morgan fingerprint density at radius 3 is 2.84 bits per heavy atom. The van der Waals surface area contributed by atoms with Crippen molar-refractivity contribution in [3.05, 3.63) is 65.8 Å². The minimum absolute atomic E-state index is 0.0922. The van der Waals surface area contributed by atoms with Gasteiger partial charge in [-0.2, -0.15) is 4.72 Å². The Bertz CT molecular complexity index is 1300. The predicted molar refractivity (Wildman–Crippen MR) is 118 cm³/mol. The Kier molecular flexibility index (Phi) is 5.03. The molecule has 3 heterocycles. The van der Waals surface area contributed by atoms with Gasteiger partial charge in [-0.1, -0.05) is 25.1 Å². The van der Waals surface area contributed by atoms with Crippen LogP contribution in [0.5, 0.6) is 0 Å². The molecule has 0 radical (unpaired) electrons. The molecule has 1 unspecified atom stereocenters. The first-order valence-corrected chi connectivity index (χ1v) is 11.3. The molecule has 5 rings (SSSR count). The molecule has 6 nitrogen and oxygen atoms in total. The summed E-state index contributed by atoms with van der Waals surface area (Å²) in [6, 6.07) is 13.7. The Balaban J connectivity index is 1.43. The number of carbonyl (C=O) groups is 1. The number of carbonyl (C=O) groups excluding carboxylic acids is 1. The van der Waals surface area contributed by atoms with E-state index >= 15 is 0 Å². The van der Waals surface area contributed by atoms with E-state index in [9.17, 15) is 13.7 Å². The van der Waals surface area contributed by atoms with Crippen molar-refractivity contribution in [3.8, 4) is 0 Å². The summed E-state index contributed by atoms with van der Waals surface area (Å²) in [4.78, 5) is 19.7. The SMILES string of the molecule is CCc1ccc2cccc([S+]([O-])NC(=O)c3cc4c(F)cc(N5CCC5)cc4o3)c2n1. The number of nitrogens with one attached hydrogen (secondary N) is 1. The third-order valence-corrected chi connectivity index (χ3v) is 6.60. The number of nitrogens with zero attached hydrogens (tertiary/aromatic N) is 2. The first-order chi connectivity index (χ1) is 15.0. The zero-order chi connectivity index (χ0) is 21.5. The second-order valence-electron chi connectivity index (χ2n) is 7.47. The molecule has 0 aliphatic carbocycles. The van der Waals surface area contributed by atoms with Crippen molar-refractivity contribution in [1.82, 2.24) is 9.71 Å². The fourth-order valence-corrected chi connectivity index (χ4v) is 4.57. The molecule has 2 aromatic carbocycles. The average molecular weight is 437 g/mol. The number of benzene rings is 2. The number of anilines is 1. The number of hydrogen-bond donors (Lipinski definition) is 1. The Morgan fingerprint density at radius 2 is 2.10 bits per heavy atom. The lowest BCUT2D eigenvalue weighted by Crippen LogP contribution is -2.36. The summed E-state index contributed by atoms with van der Waals surface area (Å²) in [7, 11) is 0. The van der Waals surface area contributed by atoms with Gasteiger partial charge in [-0.15, -0.1) is 0 Å². The van der Waals surface area contributed by atoms with Crippen molar-refractivity contribution in [2.75, 3.05) is 18.0 Å². The van der Waals surface area contributed by atoms with Crippen LogP contribution >= 0.6 is 0 Å².